The Bertz CT molecular complexity index is 925. The lowest BCUT2D eigenvalue weighted by atomic mass is 10.2. The Morgan fingerprint density at radius 2 is 1.89 bits per heavy atom. The van der Waals surface area contributed by atoms with Crippen LogP contribution in [0.4, 0.5) is 0 Å². The van der Waals surface area contributed by atoms with Crippen LogP contribution in [-0.4, -0.2) is 72.4 Å². The Hall–Kier alpha value is -2.85. The standard InChI is InChI=1S/C17H22N8O2/c1-14-15(21-27-20-14)13-23-9-7-22(8-10-23)11-12-25-17(26)4-3-16(19-25)24-6-2-5-18-24/h2-6H,7-13H2,1H3. The Morgan fingerprint density at radius 1 is 1.07 bits per heavy atom. The normalized spacial score (nSPS) is 16.0. The first kappa shape index (κ1) is 17.6. The molecule has 142 valence electrons. The zero-order chi connectivity index (χ0) is 18.6. The van der Waals surface area contributed by atoms with Crippen molar-refractivity contribution in [3.05, 3.63) is 52.3 Å². The third-order valence-electron chi connectivity index (χ3n) is 4.80. The minimum atomic E-state index is -0.0986. The van der Waals surface area contributed by atoms with E-state index >= 15 is 0 Å². The number of rotatable bonds is 6. The summed E-state index contributed by atoms with van der Waals surface area (Å²) in [5.74, 6) is 0.640. The third-order valence-corrected chi connectivity index (χ3v) is 4.80. The molecule has 4 rings (SSSR count). The van der Waals surface area contributed by atoms with E-state index in [1.807, 2.05) is 19.2 Å². The third kappa shape index (κ3) is 4.12. The quantitative estimate of drug-likeness (QED) is 0.595. The van der Waals surface area contributed by atoms with Crippen LogP contribution in [0.1, 0.15) is 11.4 Å². The van der Waals surface area contributed by atoms with E-state index in [4.69, 9.17) is 4.63 Å². The topological polar surface area (TPSA) is 98.1 Å². The number of aromatic nitrogens is 6. The molecular formula is C17H22N8O2. The molecule has 1 aliphatic heterocycles. The average Bonchev–Trinajstić information content (AvgIpc) is 3.35. The summed E-state index contributed by atoms with van der Waals surface area (Å²) in [6, 6.07) is 5.05. The van der Waals surface area contributed by atoms with E-state index in [0.717, 1.165) is 50.7 Å². The van der Waals surface area contributed by atoms with Crippen molar-refractivity contribution in [2.45, 2.75) is 20.0 Å². The fourth-order valence-corrected chi connectivity index (χ4v) is 3.14. The molecule has 10 heteroatoms. The highest BCUT2D eigenvalue weighted by Crippen LogP contribution is 2.09. The van der Waals surface area contributed by atoms with Gasteiger partial charge in [0.2, 0.25) is 0 Å². The molecular weight excluding hydrogens is 348 g/mol. The minimum absolute atomic E-state index is 0.0986. The molecule has 0 bridgehead atoms. The molecule has 1 aliphatic rings. The lowest BCUT2D eigenvalue weighted by molar-refractivity contribution is 0.120. The van der Waals surface area contributed by atoms with Crippen LogP contribution in [0.5, 0.6) is 0 Å². The van der Waals surface area contributed by atoms with Gasteiger partial charge in [0.15, 0.2) is 5.82 Å². The molecule has 0 saturated carbocycles. The summed E-state index contributed by atoms with van der Waals surface area (Å²) >= 11 is 0. The van der Waals surface area contributed by atoms with Gasteiger partial charge in [0, 0.05) is 57.7 Å². The molecule has 0 unspecified atom stereocenters. The van der Waals surface area contributed by atoms with Crippen molar-refractivity contribution >= 4 is 0 Å². The van der Waals surface area contributed by atoms with Crippen molar-refractivity contribution in [1.82, 2.24) is 39.7 Å². The highest BCUT2D eigenvalue weighted by molar-refractivity contribution is 5.17. The molecule has 3 aromatic rings. The van der Waals surface area contributed by atoms with Crippen molar-refractivity contribution in [2.75, 3.05) is 32.7 Å². The predicted molar refractivity (Wildman–Crippen MR) is 96.4 cm³/mol. The van der Waals surface area contributed by atoms with Crippen molar-refractivity contribution in [1.29, 1.82) is 0 Å². The van der Waals surface area contributed by atoms with Crippen LogP contribution in [0.25, 0.3) is 5.82 Å². The van der Waals surface area contributed by atoms with Crippen LogP contribution < -0.4 is 5.56 Å². The zero-order valence-electron chi connectivity index (χ0n) is 15.2. The van der Waals surface area contributed by atoms with Crippen LogP contribution >= 0.6 is 0 Å². The zero-order valence-corrected chi connectivity index (χ0v) is 15.2. The summed E-state index contributed by atoms with van der Waals surface area (Å²) in [6.45, 7) is 7.79. The SMILES string of the molecule is Cc1nonc1CN1CCN(CCn2nc(-n3cccn3)ccc2=O)CC1. The van der Waals surface area contributed by atoms with Crippen LogP contribution in [0.15, 0.2) is 40.0 Å². The molecule has 10 nitrogen and oxygen atoms in total. The van der Waals surface area contributed by atoms with E-state index in [1.54, 1.807) is 16.9 Å². The largest absolute Gasteiger partial charge is 0.299 e. The van der Waals surface area contributed by atoms with Crippen molar-refractivity contribution in [3.8, 4) is 5.82 Å². The van der Waals surface area contributed by atoms with Gasteiger partial charge in [-0.25, -0.2) is 14.0 Å². The van der Waals surface area contributed by atoms with Crippen molar-refractivity contribution in [3.63, 3.8) is 0 Å². The molecule has 0 radical (unpaired) electrons. The molecule has 1 saturated heterocycles. The Kier molecular flexibility index (Phi) is 5.07. The fourth-order valence-electron chi connectivity index (χ4n) is 3.14. The summed E-state index contributed by atoms with van der Waals surface area (Å²) in [5, 5.41) is 16.3. The van der Waals surface area contributed by atoms with Crippen molar-refractivity contribution < 1.29 is 4.63 Å². The molecule has 27 heavy (non-hydrogen) atoms. The monoisotopic (exact) mass is 370 g/mol. The van der Waals surface area contributed by atoms with E-state index < -0.39 is 0 Å². The molecule has 0 aromatic carbocycles. The molecule has 0 aliphatic carbocycles. The van der Waals surface area contributed by atoms with Gasteiger partial charge in [-0.15, -0.1) is 5.10 Å². The van der Waals surface area contributed by atoms with Gasteiger partial charge >= 0.3 is 0 Å². The molecule has 0 spiro atoms. The van der Waals surface area contributed by atoms with E-state index in [2.05, 4.69) is 30.3 Å². The summed E-state index contributed by atoms with van der Waals surface area (Å²) < 4.78 is 7.92. The van der Waals surface area contributed by atoms with Crippen LogP contribution in [-0.2, 0) is 13.1 Å². The number of hydrogen-bond acceptors (Lipinski definition) is 8. The fraction of sp³-hybridized carbons (Fsp3) is 0.471. The maximum atomic E-state index is 12.1. The van der Waals surface area contributed by atoms with Gasteiger partial charge in [-0.05, 0) is 19.1 Å². The first-order chi connectivity index (χ1) is 13.2. The van der Waals surface area contributed by atoms with Gasteiger partial charge in [0.1, 0.15) is 11.4 Å². The Labute approximate surface area is 156 Å². The second-order valence-corrected chi connectivity index (χ2v) is 6.62. The number of hydrogen-bond donors (Lipinski definition) is 0. The van der Waals surface area contributed by atoms with Crippen LogP contribution in [0.3, 0.4) is 0 Å². The van der Waals surface area contributed by atoms with Gasteiger partial charge in [-0.1, -0.05) is 10.3 Å². The van der Waals surface area contributed by atoms with Gasteiger partial charge in [-0.3, -0.25) is 14.6 Å². The maximum Gasteiger partial charge on any atom is 0.266 e. The molecule has 0 N–H and O–H groups in total. The summed E-state index contributed by atoms with van der Waals surface area (Å²) in [6.07, 6.45) is 3.50. The highest BCUT2D eigenvalue weighted by Gasteiger charge is 2.19. The molecule has 3 aromatic heterocycles. The molecule has 4 heterocycles. The van der Waals surface area contributed by atoms with Crippen LogP contribution in [0, 0.1) is 6.92 Å². The van der Waals surface area contributed by atoms with E-state index in [-0.39, 0.29) is 5.56 Å². The summed E-state index contributed by atoms with van der Waals surface area (Å²) in [5.41, 5.74) is 1.65. The van der Waals surface area contributed by atoms with Gasteiger partial charge in [-0.2, -0.15) is 5.10 Å². The first-order valence-corrected chi connectivity index (χ1v) is 9.00. The Balaban J connectivity index is 1.31. The number of nitrogens with zero attached hydrogens (tertiary/aromatic N) is 8. The minimum Gasteiger partial charge on any atom is -0.299 e. The lowest BCUT2D eigenvalue weighted by Gasteiger charge is -2.34. The van der Waals surface area contributed by atoms with E-state index in [9.17, 15) is 4.79 Å². The summed E-state index contributed by atoms with van der Waals surface area (Å²) in [7, 11) is 0. The average molecular weight is 370 g/mol. The van der Waals surface area contributed by atoms with Gasteiger partial charge < -0.3 is 0 Å². The number of aryl methyl sites for hydroxylation is 1. The first-order valence-electron chi connectivity index (χ1n) is 9.00. The number of piperazine rings is 1. The van der Waals surface area contributed by atoms with E-state index in [0.29, 0.717) is 12.4 Å². The van der Waals surface area contributed by atoms with Crippen LogP contribution in [0.2, 0.25) is 0 Å². The lowest BCUT2D eigenvalue weighted by Crippen LogP contribution is -2.47. The van der Waals surface area contributed by atoms with Crippen molar-refractivity contribution in [2.24, 2.45) is 0 Å². The second-order valence-electron chi connectivity index (χ2n) is 6.62. The summed E-state index contributed by atoms with van der Waals surface area (Å²) in [4.78, 5) is 16.8. The highest BCUT2D eigenvalue weighted by atomic mass is 16.6. The molecule has 0 amide bonds. The smallest absolute Gasteiger partial charge is 0.266 e. The predicted octanol–water partition coefficient (Wildman–Crippen LogP) is -0.0618. The second kappa shape index (κ2) is 7.80. The molecule has 0 atom stereocenters. The van der Waals surface area contributed by atoms with Gasteiger partial charge in [0.05, 0.1) is 6.54 Å². The maximum absolute atomic E-state index is 12.1. The molecule has 1 fully saturated rings. The Morgan fingerprint density at radius 3 is 2.59 bits per heavy atom. The van der Waals surface area contributed by atoms with Gasteiger partial charge in [0.25, 0.3) is 5.56 Å². The van der Waals surface area contributed by atoms with E-state index in [1.165, 1.54) is 10.7 Å².